The molecule has 2 aliphatic heterocycles. The topological polar surface area (TPSA) is 35.9 Å². The van der Waals surface area contributed by atoms with Crippen LogP contribution >= 0.6 is 0 Å². The lowest BCUT2D eigenvalue weighted by atomic mass is 9.79. The molecular formula is C25H29N3O. The molecule has 2 heterocycles. The summed E-state index contributed by atoms with van der Waals surface area (Å²) in [7, 11) is 2.18. The van der Waals surface area contributed by atoms with Crippen molar-refractivity contribution in [2.24, 2.45) is 5.10 Å². The third-order valence-corrected chi connectivity index (χ3v) is 6.38. The fourth-order valence-corrected chi connectivity index (χ4v) is 4.47. The Labute approximate surface area is 173 Å². The van der Waals surface area contributed by atoms with Crippen LogP contribution in [-0.4, -0.2) is 24.2 Å². The molecule has 0 aliphatic carbocycles. The molecule has 0 saturated heterocycles. The van der Waals surface area contributed by atoms with Gasteiger partial charge in [0.1, 0.15) is 0 Å². The van der Waals surface area contributed by atoms with Gasteiger partial charge < -0.3 is 4.90 Å². The fraction of sp³-hybridized carbons (Fsp3) is 0.360. The van der Waals surface area contributed by atoms with E-state index in [0.717, 1.165) is 23.4 Å². The van der Waals surface area contributed by atoms with Gasteiger partial charge in [-0.05, 0) is 87.1 Å². The summed E-state index contributed by atoms with van der Waals surface area (Å²) in [5.74, 6) is 0.404. The minimum absolute atomic E-state index is 0.0721. The minimum Gasteiger partial charge on any atom is -0.369 e. The highest BCUT2D eigenvalue weighted by Crippen LogP contribution is 2.43. The molecule has 2 aromatic carbocycles. The second kappa shape index (κ2) is 6.87. The van der Waals surface area contributed by atoms with Gasteiger partial charge in [-0.2, -0.15) is 10.1 Å². The molecule has 1 atom stereocenters. The van der Waals surface area contributed by atoms with Crippen molar-refractivity contribution < 1.29 is 4.79 Å². The van der Waals surface area contributed by atoms with Gasteiger partial charge in [0.25, 0.3) is 5.91 Å². The van der Waals surface area contributed by atoms with Crippen molar-refractivity contribution in [1.82, 2.24) is 0 Å². The molecule has 4 nitrogen and oxygen atoms in total. The number of hydrazone groups is 1. The van der Waals surface area contributed by atoms with Gasteiger partial charge in [0.2, 0.25) is 0 Å². The van der Waals surface area contributed by atoms with Crippen molar-refractivity contribution in [2.75, 3.05) is 17.0 Å². The van der Waals surface area contributed by atoms with E-state index in [-0.39, 0.29) is 11.4 Å². The smallest absolute Gasteiger partial charge is 0.280 e. The second-order valence-corrected chi connectivity index (χ2v) is 8.94. The van der Waals surface area contributed by atoms with Crippen LogP contribution in [0.4, 0.5) is 11.4 Å². The van der Waals surface area contributed by atoms with Crippen molar-refractivity contribution in [3.63, 3.8) is 0 Å². The van der Waals surface area contributed by atoms with Crippen molar-refractivity contribution in [1.29, 1.82) is 0 Å². The summed E-state index contributed by atoms with van der Waals surface area (Å²) >= 11 is 0. The van der Waals surface area contributed by atoms with E-state index in [2.05, 4.69) is 56.9 Å². The van der Waals surface area contributed by atoms with E-state index < -0.39 is 0 Å². The molecule has 4 heteroatoms. The number of fused-ring (bicyclic) bond motifs is 1. The summed E-state index contributed by atoms with van der Waals surface area (Å²) in [4.78, 5) is 15.4. The lowest BCUT2D eigenvalue weighted by Gasteiger charge is -2.45. The Balaban J connectivity index is 1.74. The Kier molecular flexibility index (Phi) is 4.60. The number of para-hydroxylation sites is 1. The summed E-state index contributed by atoms with van der Waals surface area (Å²) in [6.45, 7) is 10.9. The van der Waals surface area contributed by atoms with Crippen LogP contribution < -0.4 is 9.91 Å². The number of nitrogens with zero attached hydrogens (tertiary/aromatic N) is 3. The maximum Gasteiger partial charge on any atom is 0.280 e. The van der Waals surface area contributed by atoms with Crippen LogP contribution in [0, 0.1) is 6.92 Å². The maximum absolute atomic E-state index is 13.1. The molecule has 29 heavy (non-hydrogen) atoms. The molecule has 0 spiro atoms. The van der Waals surface area contributed by atoms with Crippen LogP contribution in [0.2, 0.25) is 0 Å². The average Bonchev–Trinajstić information content (AvgIpc) is 2.96. The molecule has 0 aromatic heterocycles. The van der Waals surface area contributed by atoms with Crippen LogP contribution in [0.3, 0.4) is 0 Å². The van der Waals surface area contributed by atoms with E-state index in [1.54, 1.807) is 0 Å². The van der Waals surface area contributed by atoms with Gasteiger partial charge in [0, 0.05) is 18.3 Å². The standard InChI is InChI=1S/C25H29N3O/c1-16-12-23-21(17(2)15-25(4,5)27(23)6)13-19(16)14-22-18(3)26-28(24(22)29)20-10-8-7-9-11-20/h7-14,17H,15H2,1-6H3/b22-14+/t17-/m0/s1. The Morgan fingerprint density at radius 3 is 2.52 bits per heavy atom. The van der Waals surface area contributed by atoms with E-state index in [9.17, 15) is 4.79 Å². The van der Waals surface area contributed by atoms with E-state index in [4.69, 9.17) is 0 Å². The van der Waals surface area contributed by atoms with Gasteiger partial charge in [-0.15, -0.1) is 0 Å². The number of hydrogen-bond donors (Lipinski definition) is 0. The summed E-state index contributed by atoms with van der Waals surface area (Å²) in [5, 5.41) is 6.00. The summed E-state index contributed by atoms with van der Waals surface area (Å²) in [6.07, 6.45) is 3.11. The summed E-state index contributed by atoms with van der Waals surface area (Å²) < 4.78 is 0. The molecule has 0 radical (unpaired) electrons. The number of anilines is 2. The van der Waals surface area contributed by atoms with Crippen molar-refractivity contribution in [3.8, 4) is 0 Å². The first-order chi connectivity index (χ1) is 13.7. The predicted octanol–water partition coefficient (Wildman–Crippen LogP) is 5.52. The molecule has 150 valence electrons. The van der Waals surface area contributed by atoms with Crippen LogP contribution in [0.15, 0.2) is 53.1 Å². The molecule has 2 aromatic rings. The number of amides is 1. The third kappa shape index (κ3) is 3.27. The third-order valence-electron chi connectivity index (χ3n) is 6.38. The van der Waals surface area contributed by atoms with E-state index >= 15 is 0 Å². The number of carbonyl (C=O) groups excluding carboxylic acids is 1. The summed E-state index contributed by atoms with van der Waals surface area (Å²) in [5.41, 5.74) is 7.26. The number of benzene rings is 2. The van der Waals surface area contributed by atoms with Gasteiger partial charge in [0.05, 0.1) is 17.0 Å². The Morgan fingerprint density at radius 2 is 1.83 bits per heavy atom. The van der Waals surface area contributed by atoms with Crippen LogP contribution in [0.25, 0.3) is 6.08 Å². The number of aryl methyl sites for hydroxylation is 1. The van der Waals surface area contributed by atoms with E-state index in [1.807, 2.05) is 43.3 Å². The second-order valence-electron chi connectivity index (χ2n) is 8.94. The molecule has 0 unspecified atom stereocenters. The Hall–Kier alpha value is -2.88. The van der Waals surface area contributed by atoms with Gasteiger partial charge in [-0.3, -0.25) is 4.79 Å². The highest BCUT2D eigenvalue weighted by Gasteiger charge is 2.35. The quantitative estimate of drug-likeness (QED) is 0.636. The van der Waals surface area contributed by atoms with Gasteiger partial charge >= 0.3 is 0 Å². The van der Waals surface area contributed by atoms with Crippen molar-refractivity contribution >= 4 is 29.1 Å². The van der Waals surface area contributed by atoms with E-state index in [1.165, 1.54) is 21.8 Å². The fourth-order valence-electron chi connectivity index (χ4n) is 4.47. The lowest BCUT2D eigenvalue weighted by Crippen LogP contribution is -2.45. The molecule has 1 amide bonds. The first-order valence-electron chi connectivity index (χ1n) is 10.2. The highest BCUT2D eigenvalue weighted by atomic mass is 16.2. The molecule has 4 rings (SSSR count). The zero-order chi connectivity index (χ0) is 20.9. The van der Waals surface area contributed by atoms with Gasteiger partial charge in [-0.25, -0.2) is 0 Å². The SMILES string of the molecule is CC1=NN(c2ccccc2)C(=O)/C1=C/c1cc2c(cc1C)N(C)C(C)(C)C[C@@H]2C. The van der Waals surface area contributed by atoms with E-state index in [0.29, 0.717) is 11.5 Å². The zero-order valence-electron chi connectivity index (χ0n) is 18.2. The molecule has 0 saturated carbocycles. The first kappa shape index (κ1) is 19.4. The van der Waals surface area contributed by atoms with Gasteiger partial charge in [0.15, 0.2) is 0 Å². The van der Waals surface area contributed by atoms with Gasteiger partial charge in [-0.1, -0.05) is 25.1 Å². The van der Waals surface area contributed by atoms with Crippen LogP contribution in [-0.2, 0) is 4.79 Å². The Bertz CT molecular complexity index is 1030. The lowest BCUT2D eigenvalue weighted by molar-refractivity contribution is -0.114. The Morgan fingerprint density at radius 1 is 1.14 bits per heavy atom. The normalized spacial score (nSPS) is 22.1. The average molecular weight is 388 g/mol. The highest BCUT2D eigenvalue weighted by molar-refractivity contribution is 6.32. The monoisotopic (exact) mass is 387 g/mol. The predicted molar refractivity (Wildman–Crippen MR) is 122 cm³/mol. The molecule has 0 fully saturated rings. The molecular weight excluding hydrogens is 358 g/mol. The first-order valence-corrected chi connectivity index (χ1v) is 10.2. The molecule has 0 N–H and O–H groups in total. The number of rotatable bonds is 2. The van der Waals surface area contributed by atoms with Crippen LogP contribution in [0.1, 0.15) is 56.7 Å². The van der Waals surface area contributed by atoms with Crippen LogP contribution in [0.5, 0.6) is 0 Å². The van der Waals surface area contributed by atoms with Crippen molar-refractivity contribution in [3.05, 3.63) is 64.7 Å². The minimum atomic E-state index is -0.0721. The van der Waals surface area contributed by atoms with Crippen molar-refractivity contribution in [2.45, 2.75) is 52.5 Å². The number of carbonyl (C=O) groups is 1. The number of hydrogen-bond acceptors (Lipinski definition) is 3. The zero-order valence-corrected chi connectivity index (χ0v) is 18.2. The molecule has 2 aliphatic rings. The largest absolute Gasteiger partial charge is 0.369 e. The molecule has 0 bridgehead atoms. The summed E-state index contributed by atoms with van der Waals surface area (Å²) in [6, 6.07) is 14.1. The maximum atomic E-state index is 13.1.